The van der Waals surface area contributed by atoms with Gasteiger partial charge in [-0.1, -0.05) is 96.1 Å². The molecule has 0 radical (unpaired) electrons. The summed E-state index contributed by atoms with van der Waals surface area (Å²) in [6.07, 6.45) is 19.1. The molecule has 2 aromatic rings. The Morgan fingerprint density at radius 3 is 1.50 bits per heavy atom. The van der Waals surface area contributed by atoms with Gasteiger partial charge in [-0.2, -0.15) is 0 Å². The Kier molecular flexibility index (Phi) is 3.97. The first-order valence-electron chi connectivity index (χ1n) is 9.78. The van der Waals surface area contributed by atoms with E-state index in [1.165, 1.54) is 22.3 Å². The van der Waals surface area contributed by atoms with Crippen LogP contribution in [0.3, 0.4) is 0 Å². The molecule has 26 heavy (non-hydrogen) atoms. The van der Waals surface area contributed by atoms with Gasteiger partial charge in [0.2, 0.25) is 0 Å². The van der Waals surface area contributed by atoms with Crippen molar-refractivity contribution in [2.24, 2.45) is 11.8 Å². The van der Waals surface area contributed by atoms with E-state index < -0.39 is 0 Å². The van der Waals surface area contributed by atoms with E-state index in [1.807, 2.05) is 0 Å². The van der Waals surface area contributed by atoms with Gasteiger partial charge in [0, 0.05) is 11.8 Å². The predicted octanol–water partition coefficient (Wildman–Crippen LogP) is 6.40. The van der Waals surface area contributed by atoms with Crippen molar-refractivity contribution in [1.29, 1.82) is 0 Å². The Morgan fingerprint density at radius 1 is 0.577 bits per heavy atom. The monoisotopic (exact) mass is 336 g/mol. The molecule has 0 heteroatoms. The third kappa shape index (κ3) is 2.80. The minimum atomic E-state index is 0.472. The van der Waals surface area contributed by atoms with Crippen molar-refractivity contribution < 1.29 is 0 Å². The molecule has 0 N–H and O–H groups in total. The van der Waals surface area contributed by atoms with Gasteiger partial charge in [-0.25, -0.2) is 0 Å². The van der Waals surface area contributed by atoms with Crippen LogP contribution in [-0.4, -0.2) is 0 Å². The highest BCUT2D eigenvalue weighted by molar-refractivity contribution is 5.67. The van der Waals surface area contributed by atoms with Crippen molar-refractivity contribution in [3.05, 3.63) is 106 Å². The number of allylic oxidation sites excluding steroid dienone is 6. The Hall–Kier alpha value is -2.60. The Labute approximate surface area is 156 Å². The fraction of sp³-hybridized carbons (Fsp3) is 0.231. The molecule has 3 aliphatic rings. The van der Waals surface area contributed by atoms with Crippen LogP contribution in [0.4, 0.5) is 0 Å². The molecule has 0 amide bonds. The van der Waals surface area contributed by atoms with Gasteiger partial charge in [0.1, 0.15) is 0 Å². The second-order valence-electron chi connectivity index (χ2n) is 7.67. The van der Waals surface area contributed by atoms with Crippen molar-refractivity contribution in [1.82, 2.24) is 0 Å². The molecule has 2 unspecified atom stereocenters. The molecule has 2 aromatic carbocycles. The Bertz CT molecular complexity index is 872. The summed E-state index contributed by atoms with van der Waals surface area (Å²) in [5.74, 6) is 0.944. The van der Waals surface area contributed by atoms with Crippen LogP contribution in [0, 0.1) is 11.8 Å². The molecule has 3 aliphatic carbocycles. The maximum Gasteiger partial charge on any atom is 0.00839 e. The first-order chi connectivity index (χ1) is 12.9. The normalized spacial score (nSPS) is 26.2. The summed E-state index contributed by atoms with van der Waals surface area (Å²) in [5, 5.41) is 0. The summed E-state index contributed by atoms with van der Waals surface area (Å²) in [5.41, 5.74) is 8.90. The smallest absolute Gasteiger partial charge is 0.00839 e. The van der Waals surface area contributed by atoms with Gasteiger partial charge in [0.05, 0.1) is 0 Å². The number of hydrogen-bond acceptors (Lipinski definition) is 0. The van der Waals surface area contributed by atoms with E-state index in [2.05, 4.69) is 85.0 Å². The molecule has 0 spiro atoms. The lowest BCUT2D eigenvalue weighted by Crippen LogP contribution is -2.17. The molecule has 128 valence electrons. The van der Waals surface area contributed by atoms with E-state index in [0.29, 0.717) is 11.8 Å². The van der Waals surface area contributed by atoms with Gasteiger partial charge in [-0.05, 0) is 47.9 Å². The van der Waals surface area contributed by atoms with E-state index in [9.17, 15) is 0 Å². The number of fused-ring (bicyclic) bond motifs is 2. The van der Waals surface area contributed by atoms with Crippen LogP contribution in [0.2, 0.25) is 0 Å². The minimum Gasteiger partial charge on any atom is -0.0876 e. The lowest BCUT2D eigenvalue weighted by Gasteiger charge is -2.26. The predicted molar refractivity (Wildman–Crippen MR) is 111 cm³/mol. The minimum absolute atomic E-state index is 0.472. The summed E-state index contributed by atoms with van der Waals surface area (Å²) in [4.78, 5) is 0. The molecule has 2 atom stereocenters. The number of benzene rings is 2. The van der Waals surface area contributed by atoms with Gasteiger partial charge in [-0.15, -0.1) is 0 Å². The van der Waals surface area contributed by atoms with Gasteiger partial charge < -0.3 is 0 Å². The summed E-state index contributed by atoms with van der Waals surface area (Å²) < 4.78 is 0. The van der Waals surface area contributed by atoms with Gasteiger partial charge in [0.25, 0.3) is 0 Å². The van der Waals surface area contributed by atoms with E-state index in [0.717, 1.165) is 25.7 Å². The molecule has 0 heterocycles. The average Bonchev–Trinajstić information content (AvgIpc) is 3.25. The molecular weight excluding hydrogens is 312 g/mol. The van der Waals surface area contributed by atoms with E-state index in [4.69, 9.17) is 0 Å². The largest absolute Gasteiger partial charge is 0.0876 e. The number of rotatable bonds is 2. The van der Waals surface area contributed by atoms with Crippen molar-refractivity contribution in [2.75, 3.05) is 0 Å². The molecule has 0 fully saturated rings. The topological polar surface area (TPSA) is 0 Å². The van der Waals surface area contributed by atoms with Crippen LogP contribution < -0.4 is 0 Å². The standard InChI is InChI=1S/C26H24/c1-2-4-14-26(24-17-21-11-7-8-12-22(21)18-24)25(13-3-1)23-15-19-9-5-6-10-20(19)16-23/h3-15,17,25-26H,1-2,16,18H2/b13-3-,14-4-. The zero-order valence-electron chi connectivity index (χ0n) is 15.1. The van der Waals surface area contributed by atoms with E-state index in [1.54, 1.807) is 11.1 Å². The highest BCUT2D eigenvalue weighted by Gasteiger charge is 2.29. The molecule has 0 aliphatic heterocycles. The molecule has 0 bridgehead atoms. The summed E-state index contributed by atoms with van der Waals surface area (Å²) in [6.45, 7) is 0. The molecule has 0 saturated heterocycles. The Morgan fingerprint density at radius 2 is 1.04 bits per heavy atom. The summed E-state index contributed by atoms with van der Waals surface area (Å²) in [6, 6.07) is 17.7. The van der Waals surface area contributed by atoms with Crippen molar-refractivity contribution >= 4 is 12.2 Å². The highest BCUT2D eigenvalue weighted by Crippen LogP contribution is 2.41. The zero-order chi connectivity index (χ0) is 17.3. The van der Waals surface area contributed by atoms with E-state index in [-0.39, 0.29) is 0 Å². The lowest BCUT2D eigenvalue weighted by atomic mass is 9.78. The molecule has 0 saturated carbocycles. The second-order valence-corrected chi connectivity index (χ2v) is 7.67. The number of hydrogen-bond donors (Lipinski definition) is 0. The molecule has 0 aromatic heterocycles. The van der Waals surface area contributed by atoms with Crippen LogP contribution >= 0.6 is 0 Å². The summed E-state index contributed by atoms with van der Waals surface area (Å²) in [7, 11) is 0. The fourth-order valence-electron chi connectivity index (χ4n) is 4.67. The first-order valence-corrected chi connectivity index (χ1v) is 9.78. The third-order valence-electron chi connectivity index (χ3n) is 6.01. The summed E-state index contributed by atoms with van der Waals surface area (Å²) >= 11 is 0. The van der Waals surface area contributed by atoms with E-state index >= 15 is 0 Å². The maximum absolute atomic E-state index is 2.48. The van der Waals surface area contributed by atoms with Crippen LogP contribution in [0.1, 0.15) is 35.1 Å². The Balaban J connectivity index is 1.51. The van der Waals surface area contributed by atoms with Crippen LogP contribution in [0.25, 0.3) is 12.2 Å². The van der Waals surface area contributed by atoms with Gasteiger partial charge in [-0.3, -0.25) is 0 Å². The van der Waals surface area contributed by atoms with Crippen LogP contribution in [0.5, 0.6) is 0 Å². The molecular formula is C26H24. The SMILES string of the molecule is C1=C(C2/C=C\CC/C=C\C2C2=Cc3ccccc3C2)Cc2ccccc21. The fourth-order valence-corrected chi connectivity index (χ4v) is 4.67. The van der Waals surface area contributed by atoms with Crippen LogP contribution in [0.15, 0.2) is 84.0 Å². The lowest BCUT2D eigenvalue weighted by molar-refractivity contribution is 0.589. The average molecular weight is 336 g/mol. The van der Waals surface area contributed by atoms with Crippen molar-refractivity contribution in [3.63, 3.8) is 0 Å². The molecule has 5 rings (SSSR count). The van der Waals surface area contributed by atoms with Crippen molar-refractivity contribution in [3.8, 4) is 0 Å². The van der Waals surface area contributed by atoms with Gasteiger partial charge >= 0.3 is 0 Å². The quantitative estimate of drug-likeness (QED) is 0.556. The first kappa shape index (κ1) is 15.6. The van der Waals surface area contributed by atoms with Gasteiger partial charge in [0.15, 0.2) is 0 Å². The zero-order valence-corrected chi connectivity index (χ0v) is 15.1. The highest BCUT2D eigenvalue weighted by atomic mass is 14.3. The van der Waals surface area contributed by atoms with Crippen molar-refractivity contribution in [2.45, 2.75) is 25.7 Å². The molecule has 0 nitrogen and oxygen atoms in total. The second kappa shape index (κ2) is 6.61. The third-order valence-corrected chi connectivity index (χ3v) is 6.01. The van der Waals surface area contributed by atoms with Crippen LogP contribution in [-0.2, 0) is 12.8 Å². The maximum atomic E-state index is 2.48.